The van der Waals surface area contributed by atoms with Crippen LogP contribution in [-0.4, -0.2) is 22.6 Å². The van der Waals surface area contributed by atoms with Gasteiger partial charge in [0.25, 0.3) is 0 Å². The summed E-state index contributed by atoms with van der Waals surface area (Å²) >= 11 is 5.77. The number of halogens is 1. The van der Waals surface area contributed by atoms with Gasteiger partial charge in [-0.05, 0) is 30.3 Å². The number of amides is 1. The van der Waals surface area contributed by atoms with Crippen LogP contribution in [0.3, 0.4) is 0 Å². The van der Waals surface area contributed by atoms with Crippen molar-refractivity contribution in [3.05, 3.63) is 53.3 Å². The zero-order valence-electron chi connectivity index (χ0n) is 11.3. The molecular weight excluding hydrogens is 292 g/mol. The minimum absolute atomic E-state index is 0.153. The van der Waals surface area contributed by atoms with Gasteiger partial charge in [-0.25, -0.2) is 0 Å². The average Bonchev–Trinajstić information content (AvgIpc) is 2.50. The number of nitrogens with zero attached hydrogens (tertiary/aromatic N) is 1. The van der Waals surface area contributed by atoms with Crippen LogP contribution in [0.5, 0.6) is 5.75 Å². The van der Waals surface area contributed by atoms with Crippen molar-refractivity contribution < 1.29 is 14.6 Å². The molecule has 0 unspecified atom stereocenters. The first-order valence-corrected chi connectivity index (χ1v) is 6.79. The fraction of sp³-hybridized carbons (Fsp3) is 0.200. The number of hydrogen-bond acceptors (Lipinski definition) is 4. The number of ether oxygens (including phenoxy) is 1. The first-order valence-electron chi connectivity index (χ1n) is 6.41. The Morgan fingerprint density at radius 2 is 2.05 bits per heavy atom. The Hall–Kier alpha value is -2.11. The van der Waals surface area contributed by atoms with Gasteiger partial charge >= 0.3 is 0 Å². The second-order valence-electron chi connectivity index (χ2n) is 4.29. The van der Waals surface area contributed by atoms with E-state index in [1.165, 1.54) is 6.20 Å². The fourth-order valence-corrected chi connectivity index (χ4v) is 1.80. The molecule has 0 saturated heterocycles. The fourth-order valence-electron chi connectivity index (χ4n) is 1.68. The molecular formula is C15H15ClN2O3. The summed E-state index contributed by atoms with van der Waals surface area (Å²) in [5, 5.41) is 12.5. The monoisotopic (exact) mass is 306 g/mol. The van der Waals surface area contributed by atoms with Crippen molar-refractivity contribution in [3.63, 3.8) is 0 Å². The van der Waals surface area contributed by atoms with E-state index in [2.05, 4.69) is 10.3 Å². The van der Waals surface area contributed by atoms with E-state index >= 15 is 0 Å². The molecule has 2 aromatic rings. The summed E-state index contributed by atoms with van der Waals surface area (Å²) in [4.78, 5) is 15.7. The second-order valence-corrected chi connectivity index (χ2v) is 4.73. The van der Waals surface area contributed by atoms with Crippen LogP contribution in [0.4, 0.5) is 5.69 Å². The summed E-state index contributed by atoms with van der Waals surface area (Å²) < 4.78 is 5.44. The highest BCUT2D eigenvalue weighted by molar-refractivity contribution is 6.30. The third-order valence-electron chi connectivity index (χ3n) is 2.77. The molecule has 1 aromatic carbocycles. The lowest BCUT2D eigenvalue weighted by Crippen LogP contribution is -2.16. The molecule has 0 aliphatic rings. The Labute approximate surface area is 127 Å². The third kappa shape index (κ3) is 4.73. The van der Waals surface area contributed by atoms with Crippen molar-refractivity contribution >= 4 is 23.2 Å². The van der Waals surface area contributed by atoms with Crippen LogP contribution in [0, 0.1) is 0 Å². The molecule has 0 aliphatic carbocycles. The van der Waals surface area contributed by atoms with Crippen molar-refractivity contribution in [1.29, 1.82) is 0 Å². The highest BCUT2D eigenvalue weighted by Gasteiger charge is 2.06. The third-order valence-corrected chi connectivity index (χ3v) is 3.02. The standard InChI is InChI=1S/C15H15ClN2O3/c16-12-1-3-13(4-2-12)21-8-6-15(20)18-14-9-17-7-5-11(14)10-19/h1-5,7,9,19H,6,8,10H2,(H,18,20). The molecule has 1 heterocycles. The van der Waals surface area contributed by atoms with Crippen molar-refractivity contribution in [3.8, 4) is 5.75 Å². The van der Waals surface area contributed by atoms with Crippen LogP contribution in [0.1, 0.15) is 12.0 Å². The van der Waals surface area contributed by atoms with E-state index < -0.39 is 0 Å². The molecule has 1 amide bonds. The lowest BCUT2D eigenvalue weighted by molar-refractivity contribution is -0.116. The predicted molar refractivity (Wildman–Crippen MR) is 80.4 cm³/mol. The van der Waals surface area contributed by atoms with Crippen LogP contribution in [0.2, 0.25) is 5.02 Å². The number of benzene rings is 1. The normalized spacial score (nSPS) is 10.2. The molecule has 0 radical (unpaired) electrons. The summed E-state index contributed by atoms with van der Waals surface area (Å²) in [5.41, 5.74) is 1.13. The van der Waals surface area contributed by atoms with Gasteiger partial charge in [0.15, 0.2) is 0 Å². The molecule has 110 valence electrons. The number of hydrogen-bond donors (Lipinski definition) is 2. The Bertz CT molecular complexity index is 602. The van der Waals surface area contributed by atoms with E-state index in [-0.39, 0.29) is 25.5 Å². The summed E-state index contributed by atoms with van der Waals surface area (Å²) in [7, 11) is 0. The molecule has 2 rings (SSSR count). The van der Waals surface area contributed by atoms with Crippen molar-refractivity contribution in [2.75, 3.05) is 11.9 Å². The number of nitrogens with one attached hydrogen (secondary N) is 1. The van der Waals surface area contributed by atoms with Crippen molar-refractivity contribution in [2.45, 2.75) is 13.0 Å². The first kappa shape index (κ1) is 15.3. The van der Waals surface area contributed by atoms with Gasteiger partial charge in [-0.1, -0.05) is 11.6 Å². The molecule has 21 heavy (non-hydrogen) atoms. The van der Waals surface area contributed by atoms with Gasteiger partial charge in [0.05, 0.1) is 31.5 Å². The molecule has 0 saturated carbocycles. The molecule has 6 heteroatoms. The highest BCUT2D eigenvalue weighted by atomic mass is 35.5. The van der Waals surface area contributed by atoms with Gasteiger partial charge in [-0.15, -0.1) is 0 Å². The minimum atomic E-state index is -0.202. The van der Waals surface area contributed by atoms with Crippen LogP contribution < -0.4 is 10.1 Å². The van der Waals surface area contributed by atoms with Gasteiger partial charge in [0, 0.05) is 16.8 Å². The smallest absolute Gasteiger partial charge is 0.227 e. The topological polar surface area (TPSA) is 71.5 Å². The Kier molecular flexibility index (Phi) is 5.54. The van der Waals surface area contributed by atoms with Gasteiger partial charge in [0.1, 0.15) is 5.75 Å². The number of aliphatic hydroxyl groups excluding tert-OH is 1. The first-order chi connectivity index (χ1) is 10.2. The molecule has 0 fully saturated rings. The van der Waals surface area contributed by atoms with Crippen LogP contribution in [0.15, 0.2) is 42.7 Å². The number of aliphatic hydroxyl groups is 1. The number of carbonyl (C=O) groups is 1. The van der Waals surface area contributed by atoms with Gasteiger partial charge < -0.3 is 15.2 Å². The van der Waals surface area contributed by atoms with E-state index in [1.54, 1.807) is 36.5 Å². The number of aromatic nitrogens is 1. The Balaban J connectivity index is 1.81. The molecule has 1 aromatic heterocycles. The summed E-state index contributed by atoms with van der Waals surface area (Å²) in [6.07, 6.45) is 3.26. The molecule has 0 bridgehead atoms. The van der Waals surface area contributed by atoms with E-state index in [0.717, 1.165) is 0 Å². The largest absolute Gasteiger partial charge is 0.493 e. The number of anilines is 1. The number of rotatable bonds is 6. The molecule has 0 atom stereocenters. The lowest BCUT2D eigenvalue weighted by atomic mass is 10.2. The van der Waals surface area contributed by atoms with Crippen molar-refractivity contribution in [2.24, 2.45) is 0 Å². The summed E-state index contributed by atoms with van der Waals surface area (Å²) in [6, 6.07) is 8.58. The van der Waals surface area contributed by atoms with E-state index in [4.69, 9.17) is 21.4 Å². The Morgan fingerprint density at radius 1 is 1.29 bits per heavy atom. The SMILES string of the molecule is O=C(CCOc1ccc(Cl)cc1)Nc1cnccc1CO. The van der Waals surface area contributed by atoms with Crippen LogP contribution in [0.25, 0.3) is 0 Å². The van der Waals surface area contributed by atoms with Crippen molar-refractivity contribution in [1.82, 2.24) is 4.98 Å². The van der Waals surface area contributed by atoms with Gasteiger partial charge in [-0.3, -0.25) is 9.78 Å². The zero-order valence-corrected chi connectivity index (χ0v) is 12.0. The van der Waals surface area contributed by atoms with Gasteiger partial charge in [0.2, 0.25) is 5.91 Å². The van der Waals surface area contributed by atoms with E-state index in [9.17, 15) is 4.79 Å². The second kappa shape index (κ2) is 7.61. The van der Waals surface area contributed by atoms with Gasteiger partial charge in [-0.2, -0.15) is 0 Å². The summed E-state index contributed by atoms with van der Waals surface area (Å²) in [6.45, 7) is 0.0988. The maximum Gasteiger partial charge on any atom is 0.227 e. The maximum absolute atomic E-state index is 11.8. The van der Waals surface area contributed by atoms with Crippen LogP contribution in [-0.2, 0) is 11.4 Å². The molecule has 0 aliphatic heterocycles. The molecule has 5 nitrogen and oxygen atoms in total. The lowest BCUT2D eigenvalue weighted by Gasteiger charge is -2.09. The number of carbonyl (C=O) groups excluding carboxylic acids is 1. The molecule has 0 spiro atoms. The number of pyridine rings is 1. The molecule has 2 N–H and O–H groups in total. The average molecular weight is 307 g/mol. The van der Waals surface area contributed by atoms with E-state index in [1.807, 2.05) is 0 Å². The minimum Gasteiger partial charge on any atom is -0.493 e. The summed E-state index contributed by atoms with van der Waals surface area (Å²) in [5.74, 6) is 0.455. The van der Waals surface area contributed by atoms with E-state index in [0.29, 0.717) is 22.0 Å². The predicted octanol–water partition coefficient (Wildman–Crippen LogP) is 2.63. The quantitative estimate of drug-likeness (QED) is 0.860. The Morgan fingerprint density at radius 3 is 2.76 bits per heavy atom. The highest BCUT2D eigenvalue weighted by Crippen LogP contribution is 2.16. The zero-order chi connectivity index (χ0) is 15.1. The van der Waals surface area contributed by atoms with Crippen LogP contribution >= 0.6 is 11.6 Å². The maximum atomic E-state index is 11.8.